The number of hydrogen-bond donors (Lipinski definition) is 1. The number of aromatic nitrogens is 3. The van der Waals surface area contributed by atoms with Crippen LogP contribution >= 0.6 is 11.3 Å². The fourth-order valence-electron chi connectivity index (χ4n) is 5.78. The minimum Gasteiger partial charge on any atom is -0.481 e. The highest BCUT2D eigenvalue weighted by molar-refractivity contribution is 7.12. The van der Waals surface area contributed by atoms with Crippen molar-refractivity contribution in [3.05, 3.63) is 57.6 Å². The van der Waals surface area contributed by atoms with Gasteiger partial charge in [0.15, 0.2) is 5.78 Å². The number of piperazine rings is 1. The van der Waals surface area contributed by atoms with Gasteiger partial charge in [-0.2, -0.15) is 13.2 Å². The molecule has 0 saturated carbocycles. The molecule has 0 bridgehead atoms. The van der Waals surface area contributed by atoms with Crippen molar-refractivity contribution in [3.8, 4) is 11.3 Å². The quantitative estimate of drug-likeness (QED) is 0.240. The van der Waals surface area contributed by atoms with Crippen LogP contribution in [0.1, 0.15) is 59.0 Å². The Morgan fingerprint density at radius 2 is 1.86 bits per heavy atom. The van der Waals surface area contributed by atoms with Crippen LogP contribution in [0.3, 0.4) is 0 Å². The molecule has 2 fully saturated rings. The van der Waals surface area contributed by atoms with Crippen molar-refractivity contribution in [1.29, 1.82) is 0 Å². The van der Waals surface area contributed by atoms with Crippen LogP contribution < -0.4 is 4.90 Å². The third-order valence-corrected chi connectivity index (χ3v) is 9.20. The van der Waals surface area contributed by atoms with E-state index >= 15 is 0 Å². The summed E-state index contributed by atoms with van der Waals surface area (Å²) in [6, 6.07) is 2.77. The minimum atomic E-state index is -4.72. The topological polar surface area (TPSA) is 103 Å². The van der Waals surface area contributed by atoms with Crippen LogP contribution in [0, 0.1) is 5.82 Å². The van der Waals surface area contributed by atoms with E-state index in [-0.39, 0.29) is 47.7 Å². The normalized spacial score (nSPS) is 19.9. The molecule has 0 unspecified atom stereocenters. The number of likely N-dealkylation sites (tertiary alicyclic amines) is 1. The number of carboxylic acid groups (broad SMARTS) is 1. The number of aliphatic carboxylic acids is 1. The predicted octanol–water partition coefficient (Wildman–Crippen LogP) is 5.15. The number of carbonyl (C=O) groups is 2. The lowest BCUT2D eigenvalue weighted by Gasteiger charge is -2.40. The van der Waals surface area contributed by atoms with Gasteiger partial charge in [0, 0.05) is 55.2 Å². The molecule has 2 atom stereocenters. The van der Waals surface area contributed by atoms with E-state index in [1.54, 1.807) is 0 Å². The standard InChI is InChI=1S/C30H34F4N6O3S/c1-18-4-3-6-39(18)17-25-29(20-10-21(30(32,33)34)12-22(31)11-20)37-27(44-25)13-24(41)23-14-36-26(15-35-23)40-9-8-38(16-19(40)2)7-5-28(42)43/h10-12,14-15,18-19H,3-9,13,16-17H2,1-2H3,(H,42,43)/t18-,19-/m1/s1. The first-order valence-electron chi connectivity index (χ1n) is 14.5. The number of ketones is 1. The largest absolute Gasteiger partial charge is 0.481 e. The molecular weight excluding hydrogens is 600 g/mol. The summed E-state index contributed by atoms with van der Waals surface area (Å²) >= 11 is 1.24. The summed E-state index contributed by atoms with van der Waals surface area (Å²) in [6.07, 6.45) is 0.200. The Bertz CT molecular complexity index is 1500. The highest BCUT2D eigenvalue weighted by Crippen LogP contribution is 2.37. The number of carbonyl (C=O) groups excluding carboxylic acids is 1. The Morgan fingerprint density at radius 1 is 1.07 bits per heavy atom. The fraction of sp³-hybridized carbons (Fsp3) is 0.500. The Kier molecular flexibility index (Phi) is 9.61. The third kappa shape index (κ3) is 7.59. The summed E-state index contributed by atoms with van der Waals surface area (Å²) in [5.74, 6) is -1.57. The molecule has 4 heterocycles. The maximum absolute atomic E-state index is 14.3. The smallest absolute Gasteiger partial charge is 0.416 e. The van der Waals surface area contributed by atoms with Gasteiger partial charge in [-0.15, -0.1) is 11.3 Å². The molecule has 1 N–H and O–H groups in total. The lowest BCUT2D eigenvalue weighted by molar-refractivity contribution is -0.138. The number of benzene rings is 1. The van der Waals surface area contributed by atoms with Gasteiger partial charge in [-0.25, -0.2) is 19.3 Å². The van der Waals surface area contributed by atoms with Gasteiger partial charge in [-0.1, -0.05) is 0 Å². The number of alkyl halides is 3. The molecular formula is C30H34F4N6O3S. The van der Waals surface area contributed by atoms with E-state index in [4.69, 9.17) is 5.11 Å². The average Bonchev–Trinajstić information content (AvgIpc) is 3.56. The van der Waals surface area contributed by atoms with Gasteiger partial charge < -0.3 is 10.0 Å². The molecule has 2 aliphatic heterocycles. The molecule has 9 nitrogen and oxygen atoms in total. The SMILES string of the molecule is C[C@@H]1CCCN1Cc1sc(CC(=O)c2cnc(N3CCN(CCC(=O)O)C[C@H]3C)cn2)nc1-c1cc(F)cc(C(F)(F)F)c1. The van der Waals surface area contributed by atoms with Crippen LogP contribution in [0.2, 0.25) is 0 Å². The van der Waals surface area contributed by atoms with Gasteiger partial charge in [0.05, 0.1) is 36.5 Å². The first kappa shape index (κ1) is 31.9. The zero-order valence-corrected chi connectivity index (χ0v) is 25.3. The number of anilines is 1. The second-order valence-corrected chi connectivity index (χ2v) is 12.6. The molecule has 2 aromatic heterocycles. The fourth-order valence-corrected chi connectivity index (χ4v) is 6.90. The second kappa shape index (κ2) is 13.2. The highest BCUT2D eigenvalue weighted by Gasteiger charge is 2.33. The number of halogens is 4. The van der Waals surface area contributed by atoms with Crippen molar-refractivity contribution in [3.63, 3.8) is 0 Å². The first-order valence-corrected chi connectivity index (χ1v) is 15.4. The summed E-state index contributed by atoms with van der Waals surface area (Å²) in [5.41, 5.74) is -0.682. The summed E-state index contributed by atoms with van der Waals surface area (Å²) in [4.78, 5) is 44.5. The lowest BCUT2D eigenvalue weighted by atomic mass is 10.1. The summed E-state index contributed by atoms with van der Waals surface area (Å²) in [6.45, 7) is 7.86. The van der Waals surface area contributed by atoms with E-state index in [2.05, 4.69) is 36.6 Å². The molecule has 0 spiro atoms. The lowest BCUT2D eigenvalue weighted by Crippen LogP contribution is -2.52. The monoisotopic (exact) mass is 634 g/mol. The number of rotatable bonds is 10. The molecule has 3 aromatic rings. The number of thiazole rings is 1. The Morgan fingerprint density at radius 3 is 2.50 bits per heavy atom. The zero-order chi connectivity index (χ0) is 31.6. The Hall–Kier alpha value is -3.49. The molecule has 5 rings (SSSR count). The maximum atomic E-state index is 14.3. The summed E-state index contributed by atoms with van der Waals surface area (Å²) in [5, 5.41) is 9.35. The van der Waals surface area contributed by atoms with Crippen LogP contribution in [0.4, 0.5) is 23.4 Å². The van der Waals surface area contributed by atoms with Crippen molar-refractivity contribution >= 4 is 28.9 Å². The molecule has 44 heavy (non-hydrogen) atoms. The number of hydrogen-bond acceptors (Lipinski definition) is 9. The first-order chi connectivity index (χ1) is 20.9. The van der Waals surface area contributed by atoms with E-state index in [9.17, 15) is 27.2 Å². The highest BCUT2D eigenvalue weighted by atomic mass is 32.1. The summed E-state index contributed by atoms with van der Waals surface area (Å²) < 4.78 is 54.8. The molecule has 14 heteroatoms. The molecule has 0 amide bonds. The van der Waals surface area contributed by atoms with Crippen molar-refractivity contribution in [1.82, 2.24) is 24.8 Å². The summed E-state index contributed by atoms with van der Waals surface area (Å²) in [7, 11) is 0. The molecule has 1 aromatic carbocycles. The van der Waals surface area contributed by atoms with Crippen molar-refractivity contribution in [2.75, 3.05) is 37.6 Å². The Labute approximate surface area is 256 Å². The van der Waals surface area contributed by atoms with Crippen LogP contribution in [0.25, 0.3) is 11.3 Å². The number of Topliss-reactive ketones (excluding diaryl/α,β-unsaturated/α-hetero) is 1. The van der Waals surface area contributed by atoms with Crippen LogP contribution in [0.5, 0.6) is 0 Å². The van der Waals surface area contributed by atoms with E-state index in [0.29, 0.717) is 54.5 Å². The predicted molar refractivity (Wildman–Crippen MR) is 157 cm³/mol. The van der Waals surface area contributed by atoms with E-state index < -0.39 is 23.5 Å². The van der Waals surface area contributed by atoms with Crippen LogP contribution in [0.15, 0.2) is 30.6 Å². The maximum Gasteiger partial charge on any atom is 0.416 e. The van der Waals surface area contributed by atoms with Gasteiger partial charge in [0.2, 0.25) is 0 Å². The van der Waals surface area contributed by atoms with Gasteiger partial charge in [-0.05, 0) is 51.4 Å². The van der Waals surface area contributed by atoms with E-state index in [1.807, 2.05) is 6.92 Å². The van der Waals surface area contributed by atoms with E-state index in [1.165, 1.54) is 23.7 Å². The molecule has 2 aliphatic rings. The molecule has 0 aliphatic carbocycles. The third-order valence-electron chi connectivity index (χ3n) is 8.16. The van der Waals surface area contributed by atoms with E-state index in [0.717, 1.165) is 31.5 Å². The number of nitrogens with zero attached hydrogens (tertiary/aromatic N) is 6. The van der Waals surface area contributed by atoms with Crippen molar-refractivity contribution < 1.29 is 32.3 Å². The van der Waals surface area contributed by atoms with Crippen LogP contribution in [-0.4, -0.2) is 86.4 Å². The van der Waals surface area contributed by atoms with Gasteiger partial charge in [0.1, 0.15) is 22.3 Å². The van der Waals surface area contributed by atoms with Crippen molar-refractivity contribution in [2.24, 2.45) is 0 Å². The number of carboxylic acids is 1. The van der Waals surface area contributed by atoms with Crippen molar-refractivity contribution in [2.45, 2.75) is 64.3 Å². The van der Waals surface area contributed by atoms with Crippen LogP contribution in [-0.2, 0) is 23.9 Å². The minimum absolute atomic E-state index is 0.0236. The average molecular weight is 635 g/mol. The molecule has 236 valence electrons. The van der Waals surface area contributed by atoms with Gasteiger partial charge in [0.25, 0.3) is 0 Å². The second-order valence-electron chi connectivity index (χ2n) is 11.4. The Balaban J connectivity index is 1.32. The van der Waals surface area contributed by atoms with Gasteiger partial charge >= 0.3 is 12.1 Å². The molecule has 2 saturated heterocycles. The molecule has 0 radical (unpaired) electrons. The zero-order valence-electron chi connectivity index (χ0n) is 24.5. The van der Waals surface area contributed by atoms with Gasteiger partial charge in [-0.3, -0.25) is 19.4 Å².